The summed E-state index contributed by atoms with van der Waals surface area (Å²) in [5.74, 6) is -0.821. The molecule has 2 aliphatic heterocycles. The zero-order valence-corrected chi connectivity index (χ0v) is 26.4. The molecule has 7 nitrogen and oxygen atoms in total. The summed E-state index contributed by atoms with van der Waals surface area (Å²) in [4.78, 5) is 15.3. The van der Waals surface area contributed by atoms with Crippen molar-refractivity contribution in [1.29, 1.82) is 5.26 Å². The molecule has 10 heteroatoms. The Morgan fingerprint density at radius 2 is 1.76 bits per heavy atom. The number of rotatable bonds is 6. The molecule has 2 bridgehead atoms. The van der Waals surface area contributed by atoms with E-state index in [4.69, 9.17) is 4.74 Å². The molecule has 0 aliphatic carbocycles. The minimum absolute atomic E-state index is 0.104. The quantitative estimate of drug-likeness (QED) is 0.179. The number of methoxy groups -OCH3 is 1. The van der Waals surface area contributed by atoms with Crippen LogP contribution in [0.1, 0.15) is 36.1 Å². The number of fused-ring (bicyclic) bond motifs is 3. The van der Waals surface area contributed by atoms with Gasteiger partial charge >= 0.3 is 5.97 Å². The minimum Gasteiger partial charge on any atom is -0.469 e. The predicted octanol–water partition coefficient (Wildman–Crippen LogP) is 7.51. The van der Waals surface area contributed by atoms with Crippen LogP contribution in [0.4, 0.5) is 10.1 Å². The Labute approximate surface area is 265 Å². The van der Waals surface area contributed by atoms with Gasteiger partial charge in [-0.1, -0.05) is 29.8 Å². The van der Waals surface area contributed by atoms with Gasteiger partial charge in [0.1, 0.15) is 16.8 Å². The predicted molar refractivity (Wildman–Crippen MR) is 173 cm³/mol. The summed E-state index contributed by atoms with van der Waals surface area (Å²) in [6.07, 6.45) is 3.30. The number of halogens is 1. The molecule has 0 saturated carbocycles. The fourth-order valence-electron chi connectivity index (χ4n) is 7.20. The van der Waals surface area contributed by atoms with E-state index in [2.05, 4.69) is 11.0 Å². The van der Waals surface area contributed by atoms with Crippen LogP contribution >= 0.6 is 11.3 Å². The molecular weight excluding hydrogens is 610 g/mol. The third-order valence-corrected chi connectivity index (χ3v) is 11.7. The van der Waals surface area contributed by atoms with Crippen molar-refractivity contribution in [3.8, 4) is 28.5 Å². The molecule has 5 aromatic rings. The number of benzene rings is 3. The second-order valence-corrected chi connectivity index (χ2v) is 14.5. The van der Waals surface area contributed by atoms with E-state index in [1.807, 2.05) is 31.2 Å². The molecule has 2 fully saturated rings. The maximum atomic E-state index is 14.9. The highest BCUT2D eigenvalue weighted by molar-refractivity contribution is 7.90. The van der Waals surface area contributed by atoms with Gasteiger partial charge in [-0.3, -0.25) is 4.79 Å². The fourth-order valence-corrected chi connectivity index (χ4v) is 9.44. The number of hydrogen-bond acceptors (Lipinski definition) is 7. The highest BCUT2D eigenvalue weighted by atomic mass is 32.2. The van der Waals surface area contributed by atoms with E-state index >= 15 is 0 Å². The van der Waals surface area contributed by atoms with E-state index in [-0.39, 0.29) is 28.9 Å². The highest BCUT2D eigenvalue weighted by Gasteiger charge is 2.43. The Morgan fingerprint density at radius 1 is 1.02 bits per heavy atom. The molecule has 0 radical (unpaired) electrons. The largest absolute Gasteiger partial charge is 0.469 e. The molecule has 4 heterocycles. The Morgan fingerprint density at radius 3 is 2.44 bits per heavy atom. The molecule has 45 heavy (non-hydrogen) atoms. The van der Waals surface area contributed by atoms with Crippen molar-refractivity contribution in [2.24, 2.45) is 5.92 Å². The first-order valence-corrected chi connectivity index (χ1v) is 17.1. The standard InChI is InChI=1S/C35H30FN3O4S2/c1-21-6-11-28(12-7-21)45(41,42)39-31-13-8-24(36)19-30(31)33(29-14-15-44-32(29)20-37)34(39)22-4-3-5-25(16-22)38-26-9-10-27(38)18-23(17-26)35(40)43-2/h3-8,11-16,19,23,26-27H,9-10,17-18H2,1-2H3/t23-,26+,27-. The normalized spacial score (nSPS) is 19.5. The van der Waals surface area contributed by atoms with Gasteiger partial charge < -0.3 is 9.64 Å². The van der Waals surface area contributed by atoms with Crippen LogP contribution in [0.2, 0.25) is 0 Å². The molecule has 2 aliphatic rings. The number of esters is 1. The van der Waals surface area contributed by atoms with Crippen molar-refractivity contribution in [1.82, 2.24) is 3.97 Å². The lowest BCUT2D eigenvalue weighted by Gasteiger charge is -2.39. The molecule has 0 N–H and O–H groups in total. The summed E-state index contributed by atoms with van der Waals surface area (Å²) in [6.45, 7) is 1.89. The third kappa shape index (κ3) is 4.82. The molecule has 3 atom stereocenters. The van der Waals surface area contributed by atoms with Crippen molar-refractivity contribution in [2.45, 2.75) is 49.6 Å². The highest BCUT2D eigenvalue weighted by Crippen LogP contribution is 2.47. The Balaban J connectivity index is 1.48. The lowest BCUT2D eigenvalue weighted by atomic mass is 9.90. The number of piperidine rings is 1. The molecule has 0 unspecified atom stereocenters. The van der Waals surface area contributed by atoms with Gasteiger partial charge in [0.05, 0.1) is 29.1 Å². The molecule has 2 aromatic heterocycles. The molecule has 7 rings (SSSR count). The molecule has 0 amide bonds. The van der Waals surface area contributed by atoms with Crippen LogP contribution in [0.5, 0.6) is 0 Å². The first-order chi connectivity index (χ1) is 21.7. The number of nitriles is 1. The monoisotopic (exact) mass is 639 g/mol. The summed E-state index contributed by atoms with van der Waals surface area (Å²) in [7, 11) is -2.75. The zero-order valence-electron chi connectivity index (χ0n) is 24.7. The van der Waals surface area contributed by atoms with Crippen LogP contribution in [0.15, 0.2) is 83.1 Å². The molecule has 0 spiro atoms. The molecule has 3 aromatic carbocycles. The Kier molecular flexibility index (Phi) is 7.26. The average molecular weight is 640 g/mol. The van der Waals surface area contributed by atoms with Gasteiger partial charge in [0.2, 0.25) is 0 Å². The van der Waals surface area contributed by atoms with E-state index < -0.39 is 15.8 Å². The van der Waals surface area contributed by atoms with Gasteiger partial charge in [-0.2, -0.15) is 5.26 Å². The van der Waals surface area contributed by atoms with Crippen LogP contribution in [-0.4, -0.2) is 37.6 Å². The zero-order chi connectivity index (χ0) is 31.5. The van der Waals surface area contributed by atoms with Crippen molar-refractivity contribution in [3.63, 3.8) is 0 Å². The van der Waals surface area contributed by atoms with E-state index in [0.29, 0.717) is 51.0 Å². The topological polar surface area (TPSA) is 92.4 Å². The summed E-state index contributed by atoms with van der Waals surface area (Å²) in [5, 5.41) is 12.2. The number of hydrogen-bond donors (Lipinski definition) is 0. The van der Waals surface area contributed by atoms with Crippen LogP contribution in [0.25, 0.3) is 33.3 Å². The van der Waals surface area contributed by atoms with Crippen LogP contribution in [-0.2, 0) is 19.6 Å². The van der Waals surface area contributed by atoms with Gasteiger partial charge in [-0.15, -0.1) is 11.3 Å². The van der Waals surface area contributed by atoms with Crippen molar-refractivity contribution in [2.75, 3.05) is 12.0 Å². The number of aromatic nitrogens is 1. The van der Waals surface area contributed by atoms with Crippen LogP contribution < -0.4 is 4.90 Å². The van der Waals surface area contributed by atoms with Gasteiger partial charge in [-0.05, 0) is 86.5 Å². The lowest BCUT2D eigenvalue weighted by molar-refractivity contribution is -0.146. The first-order valence-electron chi connectivity index (χ1n) is 14.8. The minimum atomic E-state index is -4.18. The number of nitrogens with zero attached hydrogens (tertiary/aromatic N) is 3. The van der Waals surface area contributed by atoms with E-state index in [1.165, 1.54) is 40.6 Å². The summed E-state index contributed by atoms with van der Waals surface area (Å²) < 4.78 is 50.4. The number of carbonyl (C=O) groups is 1. The fraction of sp³-hybridized carbons (Fsp3) is 0.257. The average Bonchev–Trinajstić information content (AvgIpc) is 3.72. The van der Waals surface area contributed by atoms with Gasteiger partial charge in [0.15, 0.2) is 0 Å². The SMILES string of the molecule is COC(=O)[C@H]1C[C@H]2CC[C@@H](C1)N2c1cccc(-c2c(-c3ccsc3C#N)c3cc(F)ccc3n2S(=O)(=O)c2ccc(C)cc2)c1. The lowest BCUT2D eigenvalue weighted by Crippen LogP contribution is -2.45. The van der Waals surface area contributed by atoms with E-state index in [9.17, 15) is 22.9 Å². The third-order valence-electron chi connectivity index (χ3n) is 9.17. The maximum absolute atomic E-state index is 14.9. The Bertz CT molecular complexity index is 2100. The van der Waals surface area contributed by atoms with Crippen molar-refractivity contribution < 1.29 is 22.3 Å². The van der Waals surface area contributed by atoms with Crippen LogP contribution in [0, 0.1) is 30.0 Å². The number of carbonyl (C=O) groups excluding carboxylic acids is 1. The molecular formula is C35H30FN3O4S2. The van der Waals surface area contributed by atoms with Gasteiger partial charge in [-0.25, -0.2) is 16.8 Å². The van der Waals surface area contributed by atoms with E-state index in [0.717, 1.165) is 24.1 Å². The number of anilines is 1. The second kappa shape index (κ2) is 11.2. The van der Waals surface area contributed by atoms with Crippen LogP contribution in [0.3, 0.4) is 0 Å². The first kappa shape index (κ1) is 29.3. The van der Waals surface area contributed by atoms with Crippen molar-refractivity contribution in [3.05, 3.63) is 94.4 Å². The summed E-state index contributed by atoms with van der Waals surface area (Å²) >= 11 is 1.26. The number of ether oxygens (including phenoxy) is 1. The summed E-state index contributed by atoms with van der Waals surface area (Å²) in [6, 6.07) is 22.8. The smallest absolute Gasteiger partial charge is 0.308 e. The molecule has 2 saturated heterocycles. The number of aryl methyl sites for hydroxylation is 1. The van der Waals surface area contributed by atoms with Gasteiger partial charge in [0, 0.05) is 39.8 Å². The maximum Gasteiger partial charge on any atom is 0.308 e. The van der Waals surface area contributed by atoms with E-state index in [1.54, 1.807) is 35.7 Å². The Hall–Kier alpha value is -4.46. The molecule has 228 valence electrons. The summed E-state index contributed by atoms with van der Waals surface area (Å²) in [5.41, 5.74) is 4.20. The second-order valence-electron chi connectivity index (χ2n) is 11.8. The number of thiophene rings is 1. The van der Waals surface area contributed by atoms with Crippen molar-refractivity contribution >= 4 is 43.9 Å². The van der Waals surface area contributed by atoms with Gasteiger partial charge in [0.25, 0.3) is 10.0 Å².